The van der Waals surface area contributed by atoms with E-state index in [0.717, 1.165) is 70.6 Å². The lowest BCUT2D eigenvalue weighted by molar-refractivity contribution is -0.123. The summed E-state index contributed by atoms with van der Waals surface area (Å²) in [7, 11) is -4.36. The van der Waals surface area contributed by atoms with Gasteiger partial charge in [0, 0.05) is 13.0 Å². The van der Waals surface area contributed by atoms with Crippen LogP contribution in [0.2, 0.25) is 0 Å². The molecule has 0 aromatic carbocycles. The average molecular weight is 803 g/mol. The highest BCUT2D eigenvalue weighted by Gasteiger charge is 2.26. The zero-order chi connectivity index (χ0) is 41.1. The average Bonchev–Trinajstić information content (AvgIpc) is 3.19. The van der Waals surface area contributed by atoms with Crippen molar-refractivity contribution in [3.8, 4) is 0 Å². The molecular formula is C47H83N2O6P. The van der Waals surface area contributed by atoms with Gasteiger partial charge in [0.05, 0.1) is 25.4 Å². The van der Waals surface area contributed by atoms with E-state index in [2.05, 4.69) is 92.1 Å². The lowest BCUT2D eigenvalue weighted by atomic mass is 10.0. The number of nitrogens with one attached hydrogen (secondary N) is 1. The van der Waals surface area contributed by atoms with Crippen LogP contribution < -0.4 is 11.1 Å². The second-order valence-corrected chi connectivity index (χ2v) is 16.0. The van der Waals surface area contributed by atoms with Crippen molar-refractivity contribution in [3.05, 3.63) is 85.1 Å². The topological polar surface area (TPSA) is 131 Å². The van der Waals surface area contributed by atoms with Gasteiger partial charge in [-0.05, 0) is 70.6 Å². The lowest BCUT2D eigenvalue weighted by Crippen LogP contribution is -2.45. The van der Waals surface area contributed by atoms with Crippen molar-refractivity contribution >= 4 is 13.7 Å². The number of allylic oxidation sites excluding steroid dienone is 13. The van der Waals surface area contributed by atoms with Crippen molar-refractivity contribution in [2.45, 2.75) is 187 Å². The number of phosphoric ester groups is 1. The summed E-state index contributed by atoms with van der Waals surface area (Å²) in [6.07, 6.45) is 56.3. The molecule has 0 aliphatic heterocycles. The van der Waals surface area contributed by atoms with Crippen molar-refractivity contribution in [2.24, 2.45) is 5.73 Å². The third-order valence-corrected chi connectivity index (χ3v) is 10.2. The number of hydrogen-bond donors (Lipinski definition) is 4. The molecule has 0 radical (unpaired) electrons. The van der Waals surface area contributed by atoms with Crippen LogP contribution in [0.15, 0.2) is 85.1 Å². The van der Waals surface area contributed by atoms with Crippen LogP contribution >= 0.6 is 7.82 Å². The van der Waals surface area contributed by atoms with Crippen LogP contribution in [-0.2, 0) is 18.4 Å². The number of amides is 1. The van der Waals surface area contributed by atoms with E-state index in [1.165, 1.54) is 77.0 Å². The van der Waals surface area contributed by atoms with Crippen LogP contribution in [0.25, 0.3) is 0 Å². The summed E-state index contributed by atoms with van der Waals surface area (Å²) in [5.74, 6) is -0.239. The van der Waals surface area contributed by atoms with E-state index in [1.807, 2.05) is 6.08 Å². The Hall–Kier alpha value is -2.32. The Labute approximate surface area is 343 Å². The molecule has 0 fully saturated rings. The molecule has 0 aliphatic carbocycles. The van der Waals surface area contributed by atoms with E-state index in [-0.39, 0.29) is 32.1 Å². The fourth-order valence-corrected chi connectivity index (χ4v) is 6.66. The molecule has 0 aromatic heterocycles. The Bertz CT molecular complexity index is 1150. The number of rotatable bonds is 40. The van der Waals surface area contributed by atoms with Gasteiger partial charge in [0.25, 0.3) is 0 Å². The predicted molar refractivity (Wildman–Crippen MR) is 239 cm³/mol. The maximum Gasteiger partial charge on any atom is 0.472 e. The maximum atomic E-state index is 12.8. The molecule has 0 spiro atoms. The van der Waals surface area contributed by atoms with E-state index in [4.69, 9.17) is 14.8 Å². The van der Waals surface area contributed by atoms with Gasteiger partial charge in [-0.3, -0.25) is 13.8 Å². The Kier molecular flexibility index (Phi) is 40.5. The first kappa shape index (κ1) is 53.7. The monoisotopic (exact) mass is 803 g/mol. The SMILES string of the molecule is CC/C=C\C/C=C\C/C=C\C/C=C\C/C=C\C/C=C\CCCCC(=O)NC(COP(=O)(O)OCCN)C(O)/C=C/CCCCCCCCCCCCCCCC. The molecule has 8 nitrogen and oxygen atoms in total. The summed E-state index contributed by atoms with van der Waals surface area (Å²) in [6.45, 7) is 3.97. The number of carbonyl (C=O) groups excluding carboxylic acids is 1. The second kappa shape index (κ2) is 42.3. The summed E-state index contributed by atoms with van der Waals surface area (Å²) in [5, 5.41) is 13.6. The zero-order valence-corrected chi connectivity index (χ0v) is 36.5. The van der Waals surface area contributed by atoms with E-state index in [1.54, 1.807) is 6.08 Å². The van der Waals surface area contributed by atoms with Gasteiger partial charge in [-0.2, -0.15) is 0 Å². The minimum Gasteiger partial charge on any atom is -0.387 e. The van der Waals surface area contributed by atoms with Gasteiger partial charge in [-0.15, -0.1) is 0 Å². The van der Waals surface area contributed by atoms with Crippen LogP contribution in [-0.4, -0.2) is 47.8 Å². The van der Waals surface area contributed by atoms with Gasteiger partial charge in [-0.25, -0.2) is 4.57 Å². The van der Waals surface area contributed by atoms with Crippen LogP contribution in [0.4, 0.5) is 0 Å². The third-order valence-electron chi connectivity index (χ3n) is 9.23. The summed E-state index contributed by atoms with van der Waals surface area (Å²) < 4.78 is 22.1. The smallest absolute Gasteiger partial charge is 0.387 e. The van der Waals surface area contributed by atoms with Crippen molar-refractivity contribution < 1.29 is 28.4 Å². The van der Waals surface area contributed by atoms with Crippen molar-refractivity contribution in [1.82, 2.24) is 5.32 Å². The molecule has 0 aromatic rings. The number of phosphoric acid groups is 1. The fourth-order valence-electron chi connectivity index (χ4n) is 5.90. The van der Waals surface area contributed by atoms with Crippen LogP contribution in [0.1, 0.15) is 174 Å². The summed E-state index contributed by atoms with van der Waals surface area (Å²) in [6, 6.07) is -0.889. The van der Waals surface area contributed by atoms with Crippen molar-refractivity contribution in [3.63, 3.8) is 0 Å². The zero-order valence-electron chi connectivity index (χ0n) is 35.6. The molecule has 56 heavy (non-hydrogen) atoms. The molecule has 0 aliphatic rings. The van der Waals surface area contributed by atoms with Crippen LogP contribution in [0, 0.1) is 0 Å². The van der Waals surface area contributed by atoms with Crippen LogP contribution in [0.5, 0.6) is 0 Å². The Morgan fingerprint density at radius 1 is 0.607 bits per heavy atom. The number of aliphatic hydroxyl groups excluding tert-OH is 1. The largest absolute Gasteiger partial charge is 0.472 e. The molecule has 5 N–H and O–H groups in total. The van der Waals surface area contributed by atoms with E-state index in [9.17, 15) is 19.4 Å². The summed E-state index contributed by atoms with van der Waals surface area (Å²) in [4.78, 5) is 22.7. The highest BCUT2D eigenvalue weighted by atomic mass is 31.2. The van der Waals surface area contributed by atoms with Gasteiger partial charge in [-0.1, -0.05) is 182 Å². The highest BCUT2D eigenvalue weighted by Crippen LogP contribution is 2.43. The van der Waals surface area contributed by atoms with Crippen LogP contribution in [0.3, 0.4) is 0 Å². The van der Waals surface area contributed by atoms with E-state index >= 15 is 0 Å². The van der Waals surface area contributed by atoms with Gasteiger partial charge < -0.3 is 21.1 Å². The molecule has 3 unspecified atom stereocenters. The highest BCUT2D eigenvalue weighted by molar-refractivity contribution is 7.47. The summed E-state index contributed by atoms with van der Waals surface area (Å²) >= 11 is 0. The van der Waals surface area contributed by atoms with Gasteiger partial charge in [0.2, 0.25) is 5.91 Å². The van der Waals surface area contributed by atoms with Crippen molar-refractivity contribution in [2.75, 3.05) is 19.8 Å². The lowest BCUT2D eigenvalue weighted by Gasteiger charge is -2.23. The van der Waals surface area contributed by atoms with Gasteiger partial charge in [0.1, 0.15) is 0 Å². The molecular weight excluding hydrogens is 719 g/mol. The van der Waals surface area contributed by atoms with Crippen molar-refractivity contribution in [1.29, 1.82) is 0 Å². The molecule has 0 rings (SSSR count). The first-order chi connectivity index (χ1) is 27.4. The van der Waals surface area contributed by atoms with Gasteiger partial charge in [0.15, 0.2) is 0 Å². The Balaban J connectivity index is 4.33. The molecule has 9 heteroatoms. The second-order valence-electron chi connectivity index (χ2n) is 14.5. The standard InChI is InChI=1S/C47H83N2O6P/c1-3-5-7-9-11-13-15-17-19-21-22-23-24-25-27-29-31-33-35-37-39-41-47(51)49-45(44-55-56(52,53)54-43-42-48)46(50)40-38-36-34-32-30-28-26-20-18-16-14-12-10-8-6-4-2/h5,7,11,13,17,19,22-23,25,27,31,33,38,40,45-46,50H,3-4,6,8-10,12,14-16,18,20-21,24,26,28-30,32,34-37,39,41-44,48H2,1-2H3,(H,49,51)(H,52,53)/b7-5-,13-11-,19-17-,23-22-,27-25-,33-31-,40-38+. The molecule has 0 heterocycles. The number of hydrogen-bond acceptors (Lipinski definition) is 6. The molecule has 1 amide bonds. The first-order valence-electron chi connectivity index (χ1n) is 22.2. The molecule has 0 saturated carbocycles. The summed E-state index contributed by atoms with van der Waals surface area (Å²) in [5.41, 5.74) is 5.37. The number of nitrogens with two attached hydrogens (primary N) is 1. The normalized spacial score (nSPS) is 14.9. The number of aliphatic hydroxyl groups is 1. The third kappa shape index (κ3) is 39.9. The molecule has 322 valence electrons. The molecule has 3 atom stereocenters. The Morgan fingerprint density at radius 3 is 1.52 bits per heavy atom. The fraction of sp³-hybridized carbons (Fsp3) is 0.681. The number of carbonyl (C=O) groups is 1. The van der Waals surface area contributed by atoms with Gasteiger partial charge >= 0.3 is 7.82 Å². The molecule has 0 bridgehead atoms. The maximum absolute atomic E-state index is 12.8. The minimum absolute atomic E-state index is 0.0667. The number of unbranched alkanes of at least 4 members (excludes halogenated alkanes) is 16. The quantitative estimate of drug-likeness (QED) is 0.0276. The van der Waals surface area contributed by atoms with E-state index < -0.39 is 20.0 Å². The minimum atomic E-state index is -4.36. The molecule has 0 saturated heterocycles. The first-order valence-corrected chi connectivity index (χ1v) is 23.7. The predicted octanol–water partition coefficient (Wildman–Crippen LogP) is 12.6. The Morgan fingerprint density at radius 2 is 1.04 bits per heavy atom. The van der Waals surface area contributed by atoms with E-state index in [0.29, 0.717) is 6.42 Å².